The molecule has 4 nitrogen and oxygen atoms in total. The number of nitrogens with one attached hydrogen (secondary N) is 1. The Morgan fingerprint density at radius 1 is 1.47 bits per heavy atom. The molecule has 1 N–H and O–H groups in total. The zero-order valence-electron chi connectivity index (χ0n) is 9.73. The summed E-state index contributed by atoms with van der Waals surface area (Å²) < 4.78 is 13.3. The molecule has 0 fully saturated rings. The van der Waals surface area contributed by atoms with E-state index in [-0.39, 0.29) is 16.4 Å². The number of nitro groups is 1. The van der Waals surface area contributed by atoms with E-state index in [4.69, 9.17) is 11.6 Å². The Labute approximate surface area is 118 Å². The van der Waals surface area contributed by atoms with E-state index < -0.39 is 10.7 Å². The van der Waals surface area contributed by atoms with E-state index in [1.165, 1.54) is 0 Å². The van der Waals surface area contributed by atoms with Crippen molar-refractivity contribution >= 4 is 34.3 Å². The topological polar surface area (TPSA) is 55.2 Å². The number of hydrogen-bond acceptors (Lipinski definition) is 4. The molecule has 2 aromatic rings. The highest BCUT2D eigenvalue weighted by atomic mass is 35.5. The summed E-state index contributed by atoms with van der Waals surface area (Å²) in [4.78, 5) is 11.4. The van der Waals surface area contributed by atoms with Crippen LogP contribution in [0.15, 0.2) is 29.6 Å². The Hall–Kier alpha value is -1.66. The fraction of sp³-hybridized carbons (Fsp3) is 0.167. The van der Waals surface area contributed by atoms with Gasteiger partial charge in [-0.1, -0.05) is 17.7 Å². The van der Waals surface area contributed by atoms with Gasteiger partial charge in [0, 0.05) is 23.6 Å². The molecule has 1 aromatic carbocycles. The van der Waals surface area contributed by atoms with E-state index in [2.05, 4.69) is 5.32 Å². The van der Waals surface area contributed by atoms with Crippen molar-refractivity contribution in [1.82, 2.24) is 0 Å². The smallest absolute Gasteiger partial charge is 0.294 e. The number of rotatable bonds is 5. The lowest BCUT2D eigenvalue weighted by atomic mass is 10.2. The molecular formula is C12H10ClFN2O2S. The van der Waals surface area contributed by atoms with Gasteiger partial charge in [0.05, 0.1) is 9.95 Å². The van der Waals surface area contributed by atoms with Gasteiger partial charge in [0.1, 0.15) is 11.5 Å². The number of benzene rings is 1. The van der Waals surface area contributed by atoms with E-state index in [9.17, 15) is 14.5 Å². The molecule has 0 saturated carbocycles. The minimum atomic E-state index is -0.675. The van der Waals surface area contributed by atoms with E-state index >= 15 is 0 Å². The van der Waals surface area contributed by atoms with Crippen LogP contribution >= 0.6 is 22.9 Å². The van der Waals surface area contributed by atoms with Crippen LogP contribution in [0.5, 0.6) is 0 Å². The maximum Gasteiger partial charge on any atom is 0.294 e. The van der Waals surface area contributed by atoms with Crippen LogP contribution in [0.4, 0.5) is 15.8 Å². The van der Waals surface area contributed by atoms with Crippen LogP contribution in [-0.2, 0) is 6.42 Å². The summed E-state index contributed by atoms with van der Waals surface area (Å²) in [6, 6.07) is 5.98. The van der Waals surface area contributed by atoms with Crippen LogP contribution in [0.2, 0.25) is 5.02 Å². The van der Waals surface area contributed by atoms with Crippen molar-refractivity contribution in [3.63, 3.8) is 0 Å². The monoisotopic (exact) mass is 300 g/mol. The molecule has 0 unspecified atom stereocenters. The minimum absolute atomic E-state index is 0.142. The number of anilines is 1. The van der Waals surface area contributed by atoms with Gasteiger partial charge in [0.15, 0.2) is 0 Å². The molecule has 0 bridgehead atoms. The Kier molecular flexibility index (Phi) is 4.34. The Morgan fingerprint density at radius 2 is 2.26 bits per heavy atom. The number of nitrogens with zero attached hydrogens (tertiary/aromatic N) is 1. The lowest BCUT2D eigenvalue weighted by Crippen LogP contribution is -2.06. The summed E-state index contributed by atoms with van der Waals surface area (Å²) in [5.41, 5.74) is -0.0824. The summed E-state index contributed by atoms with van der Waals surface area (Å²) in [6.45, 7) is 0.489. The molecule has 0 aliphatic carbocycles. The average molecular weight is 301 g/mol. The highest BCUT2D eigenvalue weighted by Crippen LogP contribution is 2.30. The van der Waals surface area contributed by atoms with Gasteiger partial charge in [0.2, 0.25) is 0 Å². The summed E-state index contributed by atoms with van der Waals surface area (Å²) >= 11 is 7.14. The Morgan fingerprint density at radius 3 is 2.89 bits per heavy atom. The number of hydrogen-bond donors (Lipinski definition) is 1. The molecule has 100 valence electrons. The minimum Gasteiger partial charge on any atom is -0.379 e. The number of thiophene rings is 1. The Balaban J connectivity index is 2.10. The summed E-state index contributed by atoms with van der Waals surface area (Å²) in [5, 5.41) is 15.4. The van der Waals surface area contributed by atoms with Crippen molar-refractivity contribution in [3.8, 4) is 0 Å². The lowest BCUT2D eigenvalue weighted by molar-refractivity contribution is -0.384. The SMILES string of the molecule is O=[N+]([O-])c1cc(Cl)c(F)cc1NCCc1cccs1. The third-order valence-corrected chi connectivity index (χ3v) is 3.73. The first kappa shape index (κ1) is 13.8. The van der Waals surface area contributed by atoms with Crippen molar-refractivity contribution in [3.05, 3.63) is 55.5 Å². The first-order valence-electron chi connectivity index (χ1n) is 5.47. The maximum atomic E-state index is 13.3. The van der Waals surface area contributed by atoms with Gasteiger partial charge in [-0.15, -0.1) is 11.3 Å². The molecule has 19 heavy (non-hydrogen) atoms. The van der Waals surface area contributed by atoms with Gasteiger partial charge in [-0.25, -0.2) is 4.39 Å². The molecule has 1 heterocycles. The fourth-order valence-electron chi connectivity index (χ4n) is 1.60. The van der Waals surface area contributed by atoms with E-state index in [0.717, 1.165) is 23.4 Å². The molecule has 1 aromatic heterocycles. The second kappa shape index (κ2) is 5.99. The molecule has 0 aliphatic rings. The summed E-state index contributed by atoms with van der Waals surface area (Å²) in [7, 11) is 0. The van der Waals surface area contributed by atoms with Gasteiger partial charge >= 0.3 is 0 Å². The van der Waals surface area contributed by atoms with Gasteiger partial charge in [-0.05, 0) is 17.9 Å². The quantitative estimate of drug-likeness (QED) is 0.668. The standard InChI is InChI=1S/C12H10ClFN2O2S/c13-9-6-12(16(17)18)11(7-10(9)14)15-4-3-8-2-1-5-19-8/h1-2,5-7,15H,3-4H2. The highest BCUT2D eigenvalue weighted by Gasteiger charge is 2.17. The molecule has 0 atom stereocenters. The van der Waals surface area contributed by atoms with Crippen LogP contribution < -0.4 is 5.32 Å². The lowest BCUT2D eigenvalue weighted by Gasteiger charge is -2.07. The van der Waals surface area contributed by atoms with E-state index in [1.807, 2.05) is 17.5 Å². The van der Waals surface area contributed by atoms with Crippen LogP contribution in [0.25, 0.3) is 0 Å². The summed E-state index contributed by atoms with van der Waals surface area (Å²) in [6.07, 6.45) is 0.721. The van der Waals surface area contributed by atoms with Crippen molar-refractivity contribution in [2.75, 3.05) is 11.9 Å². The Bertz CT molecular complexity index is 590. The van der Waals surface area contributed by atoms with Crippen molar-refractivity contribution in [2.24, 2.45) is 0 Å². The van der Waals surface area contributed by atoms with Crippen molar-refractivity contribution in [2.45, 2.75) is 6.42 Å². The second-order valence-electron chi connectivity index (χ2n) is 3.80. The third kappa shape index (κ3) is 3.42. The van der Waals surface area contributed by atoms with Crippen LogP contribution in [-0.4, -0.2) is 11.5 Å². The molecule has 0 spiro atoms. The normalized spacial score (nSPS) is 10.4. The van der Waals surface area contributed by atoms with Crippen LogP contribution in [0.1, 0.15) is 4.88 Å². The maximum absolute atomic E-state index is 13.3. The molecule has 0 radical (unpaired) electrons. The molecule has 7 heteroatoms. The van der Waals surface area contributed by atoms with Crippen molar-refractivity contribution in [1.29, 1.82) is 0 Å². The zero-order chi connectivity index (χ0) is 13.8. The molecular weight excluding hydrogens is 291 g/mol. The largest absolute Gasteiger partial charge is 0.379 e. The molecule has 0 amide bonds. The number of nitro benzene ring substituents is 1. The van der Waals surface area contributed by atoms with E-state index in [0.29, 0.717) is 6.54 Å². The van der Waals surface area contributed by atoms with Gasteiger partial charge < -0.3 is 5.32 Å². The summed E-state index contributed by atoms with van der Waals surface area (Å²) in [5.74, 6) is -0.675. The highest BCUT2D eigenvalue weighted by molar-refractivity contribution is 7.09. The molecule has 0 saturated heterocycles. The second-order valence-corrected chi connectivity index (χ2v) is 5.24. The van der Waals surface area contributed by atoms with Gasteiger partial charge in [0.25, 0.3) is 5.69 Å². The predicted molar refractivity (Wildman–Crippen MR) is 74.6 cm³/mol. The van der Waals surface area contributed by atoms with Gasteiger partial charge in [-0.3, -0.25) is 10.1 Å². The predicted octanol–water partition coefficient (Wildman–Crippen LogP) is 4.10. The molecule has 0 aliphatic heterocycles. The zero-order valence-corrected chi connectivity index (χ0v) is 11.3. The van der Waals surface area contributed by atoms with E-state index in [1.54, 1.807) is 11.3 Å². The first-order chi connectivity index (χ1) is 9.08. The van der Waals surface area contributed by atoms with Crippen LogP contribution in [0.3, 0.4) is 0 Å². The average Bonchev–Trinajstić information content (AvgIpc) is 2.86. The molecule has 2 rings (SSSR count). The third-order valence-electron chi connectivity index (χ3n) is 2.50. The van der Waals surface area contributed by atoms with Gasteiger partial charge in [-0.2, -0.15) is 0 Å². The fourth-order valence-corrected chi connectivity index (χ4v) is 2.47. The first-order valence-corrected chi connectivity index (χ1v) is 6.73. The van der Waals surface area contributed by atoms with Crippen molar-refractivity contribution < 1.29 is 9.31 Å². The number of halogens is 2. The van der Waals surface area contributed by atoms with Crippen LogP contribution in [0, 0.1) is 15.9 Å².